The van der Waals surface area contributed by atoms with Gasteiger partial charge in [0.1, 0.15) is 0 Å². The zero-order valence-corrected chi connectivity index (χ0v) is 11.3. The minimum atomic E-state index is -0.108. The van der Waals surface area contributed by atoms with Crippen molar-refractivity contribution < 1.29 is 4.79 Å². The van der Waals surface area contributed by atoms with Crippen molar-refractivity contribution in [2.45, 2.75) is 13.5 Å². The summed E-state index contributed by atoms with van der Waals surface area (Å²) in [6.45, 7) is 2.65. The molecule has 0 aliphatic heterocycles. The minimum absolute atomic E-state index is 0.0824. The fraction of sp³-hybridized carbons (Fsp3) is 0.231. The van der Waals surface area contributed by atoms with Crippen molar-refractivity contribution in [3.63, 3.8) is 0 Å². The van der Waals surface area contributed by atoms with Crippen LogP contribution in [0.2, 0.25) is 0 Å². The van der Waals surface area contributed by atoms with Crippen molar-refractivity contribution >= 4 is 22.9 Å². The topological polar surface area (TPSA) is 74.0 Å². The third-order valence-corrected chi connectivity index (χ3v) is 3.19. The van der Waals surface area contributed by atoms with E-state index in [2.05, 4.69) is 15.6 Å². The number of nitrogens with one attached hydrogen (secondary N) is 3. The Morgan fingerprint density at radius 3 is 2.95 bits per heavy atom. The van der Waals surface area contributed by atoms with Gasteiger partial charge in [-0.15, -0.1) is 0 Å². The van der Waals surface area contributed by atoms with E-state index in [1.807, 2.05) is 31.2 Å². The van der Waals surface area contributed by atoms with Crippen LogP contribution in [0.25, 0.3) is 0 Å². The van der Waals surface area contributed by atoms with Gasteiger partial charge < -0.3 is 15.6 Å². The van der Waals surface area contributed by atoms with Gasteiger partial charge in [-0.05, 0) is 24.6 Å². The van der Waals surface area contributed by atoms with Crippen molar-refractivity contribution in [2.75, 3.05) is 11.9 Å². The van der Waals surface area contributed by atoms with E-state index in [0.717, 1.165) is 28.3 Å². The predicted octanol–water partition coefficient (Wildman–Crippen LogP) is 1.47. The number of carbonyl (C=O) groups is 1. The number of hydrogen-bond acceptors (Lipinski definition) is 4. The highest BCUT2D eigenvalue weighted by molar-refractivity contribution is 7.07. The molecule has 19 heavy (non-hydrogen) atoms. The summed E-state index contributed by atoms with van der Waals surface area (Å²) < 4.78 is 0. The fourth-order valence-electron chi connectivity index (χ4n) is 1.64. The molecule has 0 radical (unpaired) electrons. The Bertz CT molecular complexity index is 618. The molecular formula is C13H15N3O2S. The lowest BCUT2D eigenvalue weighted by molar-refractivity contribution is -0.115. The van der Waals surface area contributed by atoms with Crippen LogP contribution in [0.15, 0.2) is 34.4 Å². The third kappa shape index (κ3) is 4.35. The van der Waals surface area contributed by atoms with Crippen LogP contribution < -0.4 is 15.5 Å². The van der Waals surface area contributed by atoms with Crippen molar-refractivity contribution in [3.8, 4) is 0 Å². The summed E-state index contributed by atoms with van der Waals surface area (Å²) in [7, 11) is 0. The van der Waals surface area contributed by atoms with Crippen LogP contribution >= 0.6 is 11.3 Å². The largest absolute Gasteiger partial charge is 0.325 e. The van der Waals surface area contributed by atoms with Gasteiger partial charge in [-0.2, -0.15) is 0 Å². The van der Waals surface area contributed by atoms with Crippen molar-refractivity contribution in [2.24, 2.45) is 0 Å². The molecule has 5 nitrogen and oxygen atoms in total. The van der Waals surface area contributed by atoms with E-state index >= 15 is 0 Å². The molecular weight excluding hydrogens is 262 g/mol. The van der Waals surface area contributed by atoms with Gasteiger partial charge in [0.05, 0.1) is 6.54 Å². The van der Waals surface area contributed by atoms with Gasteiger partial charge in [0.15, 0.2) is 0 Å². The maximum absolute atomic E-state index is 11.7. The van der Waals surface area contributed by atoms with Crippen LogP contribution in [0.5, 0.6) is 0 Å². The highest BCUT2D eigenvalue weighted by atomic mass is 32.1. The van der Waals surface area contributed by atoms with Gasteiger partial charge in [-0.1, -0.05) is 23.5 Å². The number of amides is 1. The quantitative estimate of drug-likeness (QED) is 0.775. The van der Waals surface area contributed by atoms with Crippen molar-refractivity contribution in [1.29, 1.82) is 0 Å². The highest BCUT2D eigenvalue weighted by Gasteiger charge is 2.02. The molecule has 0 saturated heterocycles. The lowest BCUT2D eigenvalue weighted by Crippen LogP contribution is -2.28. The zero-order chi connectivity index (χ0) is 13.7. The summed E-state index contributed by atoms with van der Waals surface area (Å²) in [6.07, 6.45) is 0. The molecule has 0 spiro atoms. The van der Waals surface area contributed by atoms with E-state index in [9.17, 15) is 9.59 Å². The van der Waals surface area contributed by atoms with Crippen LogP contribution in [-0.2, 0) is 11.3 Å². The maximum atomic E-state index is 11.7. The Kier molecular flexibility index (Phi) is 4.48. The van der Waals surface area contributed by atoms with E-state index in [1.54, 1.807) is 5.38 Å². The number of H-pyrrole nitrogens is 1. The molecule has 0 bridgehead atoms. The smallest absolute Gasteiger partial charge is 0.304 e. The summed E-state index contributed by atoms with van der Waals surface area (Å²) in [5.41, 5.74) is 2.68. The number of aromatic nitrogens is 1. The average molecular weight is 277 g/mol. The SMILES string of the molecule is Cc1cccc(NC(=O)CNCc2csc(=O)[nH]2)c1. The second-order valence-corrected chi connectivity index (χ2v) is 5.04. The number of anilines is 1. The summed E-state index contributed by atoms with van der Waals surface area (Å²) >= 11 is 1.12. The van der Waals surface area contributed by atoms with Gasteiger partial charge in [0.2, 0.25) is 5.91 Å². The molecule has 0 aliphatic rings. The lowest BCUT2D eigenvalue weighted by Gasteiger charge is -2.06. The van der Waals surface area contributed by atoms with E-state index in [0.29, 0.717) is 6.54 Å². The molecule has 100 valence electrons. The molecule has 6 heteroatoms. The first-order chi connectivity index (χ1) is 9.13. The number of thiazole rings is 1. The molecule has 0 saturated carbocycles. The van der Waals surface area contributed by atoms with Crippen LogP contribution in [0.1, 0.15) is 11.3 Å². The van der Waals surface area contributed by atoms with Gasteiger partial charge in [0, 0.05) is 23.3 Å². The second kappa shape index (κ2) is 6.31. The highest BCUT2D eigenvalue weighted by Crippen LogP contribution is 2.08. The second-order valence-electron chi connectivity index (χ2n) is 4.19. The number of hydrogen-bond donors (Lipinski definition) is 3. The summed E-state index contributed by atoms with van der Waals surface area (Å²) in [5.74, 6) is -0.108. The molecule has 3 N–H and O–H groups in total. The molecule has 2 rings (SSSR count). The first-order valence-corrected chi connectivity index (χ1v) is 6.75. The first-order valence-electron chi connectivity index (χ1n) is 5.87. The number of carbonyl (C=O) groups excluding carboxylic acids is 1. The Labute approximate surface area is 114 Å². The van der Waals surface area contributed by atoms with Gasteiger partial charge in [0.25, 0.3) is 0 Å². The van der Waals surface area contributed by atoms with Crippen LogP contribution in [0.3, 0.4) is 0 Å². The maximum Gasteiger partial charge on any atom is 0.304 e. The van der Waals surface area contributed by atoms with Gasteiger partial charge in [-0.25, -0.2) is 0 Å². The molecule has 0 fully saturated rings. The first kappa shape index (κ1) is 13.5. The van der Waals surface area contributed by atoms with Crippen molar-refractivity contribution in [3.05, 3.63) is 50.6 Å². The number of rotatable bonds is 5. The van der Waals surface area contributed by atoms with E-state index in [4.69, 9.17) is 0 Å². The summed E-state index contributed by atoms with van der Waals surface area (Å²) in [4.78, 5) is 25.2. The zero-order valence-electron chi connectivity index (χ0n) is 10.5. The van der Waals surface area contributed by atoms with Gasteiger partial charge >= 0.3 is 4.87 Å². The Hall–Kier alpha value is -1.92. The molecule has 1 aromatic heterocycles. The van der Waals surface area contributed by atoms with E-state index < -0.39 is 0 Å². The normalized spacial score (nSPS) is 10.4. The molecule has 1 heterocycles. The van der Waals surface area contributed by atoms with E-state index in [1.165, 1.54) is 0 Å². The summed E-state index contributed by atoms with van der Waals surface area (Å²) in [5, 5.41) is 7.52. The predicted molar refractivity (Wildman–Crippen MR) is 76.5 cm³/mol. The fourth-order valence-corrected chi connectivity index (χ4v) is 2.22. The molecule has 2 aromatic rings. The van der Waals surface area contributed by atoms with Crippen LogP contribution in [-0.4, -0.2) is 17.4 Å². The number of aromatic amines is 1. The Morgan fingerprint density at radius 1 is 1.42 bits per heavy atom. The van der Waals surface area contributed by atoms with Crippen LogP contribution in [0, 0.1) is 6.92 Å². The molecule has 1 amide bonds. The third-order valence-electron chi connectivity index (χ3n) is 2.47. The standard InChI is InChI=1S/C13H15N3O2S/c1-9-3-2-4-10(5-9)15-12(17)7-14-6-11-8-19-13(18)16-11/h2-5,8,14H,6-7H2,1H3,(H,15,17)(H,16,18). The van der Waals surface area contributed by atoms with Crippen LogP contribution in [0.4, 0.5) is 5.69 Å². The molecule has 0 atom stereocenters. The number of aryl methyl sites for hydroxylation is 1. The molecule has 0 aliphatic carbocycles. The molecule has 0 unspecified atom stereocenters. The molecule has 1 aromatic carbocycles. The average Bonchev–Trinajstić information content (AvgIpc) is 2.75. The van der Waals surface area contributed by atoms with Crippen molar-refractivity contribution in [1.82, 2.24) is 10.3 Å². The Morgan fingerprint density at radius 2 is 2.26 bits per heavy atom. The van der Waals surface area contributed by atoms with E-state index in [-0.39, 0.29) is 17.3 Å². The minimum Gasteiger partial charge on any atom is -0.325 e. The lowest BCUT2D eigenvalue weighted by atomic mass is 10.2. The number of benzene rings is 1. The van der Waals surface area contributed by atoms with Gasteiger partial charge in [-0.3, -0.25) is 9.59 Å². The Balaban J connectivity index is 1.77. The summed E-state index contributed by atoms with van der Waals surface area (Å²) in [6, 6.07) is 7.63. The monoisotopic (exact) mass is 277 g/mol.